The van der Waals surface area contributed by atoms with E-state index in [-0.39, 0.29) is 17.1 Å². The molecule has 3 rings (SSSR count). The third-order valence-electron chi connectivity index (χ3n) is 4.77. The van der Waals surface area contributed by atoms with Gasteiger partial charge in [0.25, 0.3) is 10.9 Å². The Bertz CT molecular complexity index is 912. The summed E-state index contributed by atoms with van der Waals surface area (Å²) in [7, 11) is 0. The number of ether oxygens (including phenoxy) is 2. The minimum atomic E-state index is -1.54. The van der Waals surface area contributed by atoms with Crippen molar-refractivity contribution in [1.29, 1.82) is 0 Å². The molecule has 0 aliphatic carbocycles. The zero-order valence-corrected chi connectivity index (χ0v) is 16.8. The summed E-state index contributed by atoms with van der Waals surface area (Å²) in [5.74, 6) is 0.933. The number of anilines is 3. The van der Waals surface area contributed by atoms with Crippen LogP contribution < -0.4 is 26.2 Å². The second-order valence-electron chi connectivity index (χ2n) is 6.88. The molecular weight excluding hydrogens is 416 g/mol. The van der Waals surface area contributed by atoms with Crippen LogP contribution in [0.15, 0.2) is 33.9 Å². The molecule has 0 radical (unpaired) electrons. The highest BCUT2D eigenvalue weighted by atomic mass is 32.1. The summed E-state index contributed by atoms with van der Waals surface area (Å²) in [5, 5.41) is 44.7. The number of thiol groups is 1. The largest absolute Gasteiger partial charge is 0.462 e. The maximum absolute atomic E-state index is 11.8. The lowest BCUT2D eigenvalue weighted by Crippen LogP contribution is -2.60. The summed E-state index contributed by atoms with van der Waals surface area (Å²) in [4.78, 5) is 23.6. The molecule has 164 valence electrons. The summed E-state index contributed by atoms with van der Waals surface area (Å²) in [5.41, 5.74) is -0.227. The summed E-state index contributed by atoms with van der Waals surface area (Å²) in [6, 6.07) is 6.24. The van der Waals surface area contributed by atoms with Gasteiger partial charge >= 0.3 is 0 Å². The second kappa shape index (κ2) is 9.77. The predicted molar refractivity (Wildman–Crippen MR) is 112 cm³/mol. The molecule has 0 bridgehead atoms. The van der Waals surface area contributed by atoms with Crippen molar-refractivity contribution in [3.8, 4) is 5.75 Å². The number of aliphatic hydroxyl groups is 4. The monoisotopic (exact) mass is 440 g/mol. The number of hydrogen-bond acceptors (Lipinski definition) is 11. The molecule has 1 heterocycles. The quantitative estimate of drug-likeness (QED) is 0.146. The normalized spacial score (nSPS) is 26.5. The van der Waals surface area contributed by atoms with Gasteiger partial charge in [-0.2, -0.15) is 12.6 Å². The molecule has 2 aromatic rings. The molecule has 6 N–H and O–H groups in total. The Balaban J connectivity index is 1.64. The maximum atomic E-state index is 11.8. The van der Waals surface area contributed by atoms with Crippen molar-refractivity contribution >= 4 is 29.7 Å². The minimum absolute atomic E-state index is 0.182. The van der Waals surface area contributed by atoms with E-state index in [0.29, 0.717) is 18.0 Å². The van der Waals surface area contributed by atoms with Crippen LogP contribution in [0.1, 0.15) is 6.42 Å². The predicted octanol–water partition coefficient (Wildman–Crippen LogP) is -1.06. The highest BCUT2D eigenvalue weighted by Gasteiger charge is 2.44. The van der Waals surface area contributed by atoms with Crippen molar-refractivity contribution in [3.05, 3.63) is 44.7 Å². The Morgan fingerprint density at radius 2 is 1.67 bits per heavy atom. The van der Waals surface area contributed by atoms with Crippen LogP contribution in [0, 0.1) is 0 Å². The van der Waals surface area contributed by atoms with Crippen molar-refractivity contribution in [1.82, 2.24) is 0 Å². The van der Waals surface area contributed by atoms with Crippen LogP contribution in [0.3, 0.4) is 0 Å². The van der Waals surface area contributed by atoms with Crippen LogP contribution in [-0.2, 0) is 4.74 Å². The van der Waals surface area contributed by atoms with Crippen molar-refractivity contribution < 1.29 is 29.9 Å². The molecule has 1 saturated heterocycles. The maximum Gasteiger partial charge on any atom is 0.253 e. The van der Waals surface area contributed by atoms with E-state index in [1.807, 2.05) is 0 Å². The fourth-order valence-electron chi connectivity index (χ4n) is 3.03. The molecule has 30 heavy (non-hydrogen) atoms. The lowest BCUT2D eigenvalue weighted by atomic mass is 9.99. The van der Waals surface area contributed by atoms with Gasteiger partial charge in [-0.1, -0.05) is 0 Å². The highest BCUT2D eigenvalue weighted by Crippen LogP contribution is 2.26. The third kappa shape index (κ3) is 4.61. The van der Waals surface area contributed by atoms with E-state index in [9.17, 15) is 30.0 Å². The standard InChI is InChI=1S/C19H24N2O8S/c22-8-11-14(23)17(26)18(27)19(29-11)28-10-4-2-9(3-5-10)21-13-12(15(24)16(13)25)20-6-1-7-30/h2-5,11,14,17-23,26-27,30H,1,6-8H2/t11-,14-,17+,18+,19+/m1/s1. The van der Waals surface area contributed by atoms with Crippen LogP contribution in [-0.4, -0.2) is 70.0 Å². The van der Waals surface area contributed by atoms with Gasteiger partial charge in [0, 0.05) is 12.2 Å². The number of nitrogens with one attached hydrogen (secondary N) is 2. The summed E-state index contributed by atoms with van der Waals surface area (Å²) < 4.78 is 10.8. The molecule has 0 amide bonds. The van der Waals surface area contributed by atoms with E-state index < -0.39 is 48.2 Å². The Morgan fingerprint density at radius 3 is 2.30 bits per heavy atom. The van der Waals surface area contributed by atoms with E-state index in [1.165, 1.54) is 12.1 Å². The fourth-order valence-corrected chi connectivity index (χ4v) is 3.19. The zero-order chi connectivity index (χ0) is 21.8. The zero-order valence-electron chi connectivity index (χ0n) is 15.9. The fraction of sp³-hybridized carbons (Fsp3) is 0.474. The first-order valence-corrected chi connectivity index (χ1v) is 10.0. The van der Waals surface area contributed by atoms with Crippen molar-refractivity contribution in [3.63, 3.8) is 0 Å². The molecule has 1 aliphatic rings. The number of aliphatic hydroxyl groups excluding tert-OH is 4. The van der Waals surface area contributed by atoms with Gasteiger partial charge < -0.3 is 40.5 Å². The number of benzene rings is 1. The molecule has 10 nitrogen and oxygen atoms in total. The molecule has 0 saturated carbocycles. The number of hydrogen-bond donors (Lipinski definition) is 7. The highest BCUT2D eigenvalue weighted by molar-refractivity contribution is 7.80. The smallest absolute Gasteiger partial charge is 0.253 e. The summed E-state index contributed by atoms with van der Waals surface area (Å²) in [6.45, 7) is -0.0329. The molecule has 1 aliphatic heterocycles. The van der Waals surface area contributed by atoms with Gasteiger partial charge in [-0.05, 0) is 36.4 Å². The van der Waals surface area contributed by atoms with Gasteiger partial charge in [0.05, 0.1) is 6.61 Å². The van der Waals surface area contributed by atoms with Crippen LogP contribution in [0.2, 0.25) is 0 Å². The molecule has 1 fully saturated rings. The van der Waals surface area contributed by atoms with Crippen LogP contribution >= 0.6 is 12.6 Å². The average Bonchev–Trinajstić information content (AvgIpc) is 2.76. The molecule has 0 aromatic heterocycles. The van der Waals surface area contributed by atoms with Gasteiger partial charge in [0.15, 0.2) is 0 Å². The first-order chi connectivity index (χ1) is 14.4. The minimum Gasteiger partial charge on any atom is -0.462 e. The van der Waals surface area contributed by atoms with Crippen molar-refractivity contribution in [2.45, 2.75) is 37.1 Å². The van der Waals surface area contributed by atoms with Crippen LogP contribution in [0.25, 0.3) is 0 Å². The number of rotatable bonds is 9. The van der Waals surface area contributed by atoms with E-state index in [4.69, 9.17) is 9.47 Å². The molecule has 5 atom stereocenters. The van der Waals surface area contributed by atoms with Gasteiger partial charge in [0.2, 0.25) is 6.29 Å². The molecule has 11 heteroatoms. The van der Waals surface area contributed by atoms with Crippen molar-refractivity contribution in [2.75, 3.05) is 29.5 Å². The Morgan fingerprint density at radius 1 is 1.00 bits per heavy atom. The van der Waals surface area contributed by atoms with E-state index >= 15 is 0 Å². The van der Waals surface area contributed by atoms with Gasteiger partial charge in [-0.3, -0.25) is 9.59 Å². The molecular formula is C19H24N2O8S. The first-order valence-electron chi connectivity index (χ1n) is 9.39. The van der Waals surface area contributed by atoms with Crippen LogP contribution in [0.5, 0.6) is 5.75 Å². The SMILES string of the molecule is O=c1c(NCCCS)c(Nc2ccc(O[C@H]3O[C@H](CO)[C@@H](O)[C@H](O)[C@@H]3O)cc2)c1=O. The van der Waals surface area contributed by atoms with Gasteiger partial charge in [-0.25, -0.2) is 0 Å². The molecule has 0 spiro atoms. The second-order valence-corrected chi connectivity index (χ2v) is 7.32. The van der Waals surface area contributed by atoms with Crippen molar-refractivity contribution in [2.24, 2.45) is 0 Å². The van der Waals surface area contributed by atoms with E-state index in [1.54, 1.807) is 12.1 Å². The molecule has 2 aromatic carbocycles. The van der Waals surface area contributed by atoms with E-state index in [0.717, 1.165) is 6.42 Å². The lowest BCUT2D eigenvalue weighted by Gasteiger charge is -2.39. The summed E-state index contributed by atoms with van der Waals surface area (Å²) >= 11 is 4.10. The Kier molecular flexibility index (Phi) is 7.34. The van der Waals surface area contributed by atoms with E-state index in [2.05, 4.69) is 23.3 Å². The van der Waals surface area contributed by atoms with Gasteiger partial charge in [-0.15, -0.1) is 0 Å². The topological polar surface area (TPSA) is 158 Å². The molecule has 0 unspecified atom stereocenters. The Labute approximate surface area is 177 Å². The van der Waals surface area contributed by atoms with Crippen LogP contribution in [0.4, 0.5) is 17.1 Å². The first kappa shape index (κ1) is 22.5. The van der Waals surface area contributed by atoms with Gasteiger partial charge in [0.1, 0.15) is 41.5 Å². The Hall–Kier alpha value is -2.15. The third-order valence-corrected chi connectivity index (χ3v) is 5.09. The lowest BCUT2D eigenvalue weighted by molar-refractivity contribution is -0.277. The average molecular weight is 440 g/mol. The summed E-state index contributed by atoms with van der Waals surface area (Å²) in [6.07, 6.45) is -6.15.